The summed E-state index contributed by atoms with van der Waals surface area (Å²) in [5.74, 6) is 1.02. The summed E-state index contributed by atoms with van der Waals surface area (Å²) in [6.45, 7) is 0.653. The average Bonchev–Trinajstić information content (AvgIpc) is 3.19. The van der Waals surface area contributed by atoms with Gasteiger partial charge in [-0.05, 0) is 31.4 Å². The van der Waals surface area contributed by atoms with E-state index in [1.54, 1.807) is 23.4 Å². The second-order valence-corrected chi connectivity index (χ2v) is 6.20. The molecule has 132 valence electrons. The Bertz CT molecular complexity index is 866. The summed E-state index contributed by atoms with van der Waals surface area (Å²) in [4.78, 5) is 23.0. The molecule has 2 amide bonds. The molecule has 7 nitrogen and oxygen atoms in total. The molecule has 7 heteroatoms. The van der Waals surface area contributed by atoms with E-state index in [4.69, 9.17) is 4.52 Å². The summed E-state index contributed by atoms with van der Waals surface area (Å²) in [5, 5.41) is 6.97. The Balaban J connectivity index is 1.54. The van der Waals surface area contributed by atoms with Crippen LogP contribution in [0, 0.1) is 0 Å². The fraction of sp³-hybridized carbons (Fsp3) is 0.263. The molecular formula is C19H19N5O2. The quantitative estimate of drug-likeness (QED) is 0.775. The van der Waals surface area contributed by atoms with E-state index in [-0.39, 0.29) is 12.1 Å². The Morgan fingerprint density at radius 2 is 2.04 bits per heavy atom. The van der Waals surface area contributed by atoms with Gasteiger partial charge in [0.15, 0.2) is 0 Å². The van der Waals surface area contributed by atoms with Crippen LogP contribution in [0.15, 0.2) is 59.4 Å². The molecule has 26 heavy (non-hydrogen) atoms. The lowest BCUT2D eigenvalue weighted by molar-refractivity contribution is 0.142. The molecule has 0 spiro atoms. The van der Waals surface area contributed by atoms with E-state index in [2.05, 4.69) is 20.4 Å². The van der Waals surface area contributed by atoms with Gasteiger partial charge in [-0.25, -0.2) is 4.79 Å². The first-order valence-electron chi connectivity index (χ1n) is 8.68. The minimum absolute atomic E-state index is 0.179. The van der Waals surface area contributed by atoms with Crippen LogP contribution in [0.25, 0.3) is 11.4 Å². The summed E-state index contributed by atoms with van der Waals surface area (Å²) in [7, 11) is 0. The number of urea groups is 1. The predicted molar refractivity (Wildman–Crippen MR) is 96.3 cm³/mol. The Labute approximate surface area is 151 Å². The highest BCUT2D eigenvalue weighted by Gasteiger charge is 2.32. The van der Waals surface area contributed by atoms with Gasteiger partial charge in [0.1, 0.15) is 6.04 Å². The lowest BCUT2D eigenvalue weighted by atomic mass is 10.0. The van der Waals surface area contributed by atoms with Gasteiger partial charge in [-0.2, -0.15) is 4.98 Å². The monoisotopic (exact) mass is 349 g/mol. The molecule has 1 aromatic carbocycles. The first-order valence-corrected chi connectivity index (χ1v) is 8.68. The van der Waals surface area contributed by atoms with Crippen molar-refractivity contribution < 1.29 is 9.32 Å². The Morgan fingerprint density at radius 1 is 1.15 bits per heavy atom. The standard InChI is InChI=1S/C19H19N5O2/c25-19(21-15-9-6-11-20-13-15)24-12-5-4-10-16(24)18-22-17(23-26-18)14-7-2-1-3-8-14/h1-3,6-9,11,13,16H,4-5,10,12H2,(H,21,25)/t16-/m1/s1. The number of benzene rings is 1. The van der Waals surface area contributed by atoms with Crippen LogP contribution < -0.4 is 5.32 Å². The number of nitrogens with one attached hydrogen (secondary N) is 1. The maximum Gasteiger partial charge on any atom is 0.322 e. The van der Waals surface area contributed by atoms with Crippen molar-refractivity contribution in [3.05, 3.63) is 60.7 Å². The average molecular weight is 349 g/mol. The van der Waals surface area contributed by atoms with Crippen LogP contribution >= 0.6 is 0 Å². The molecule has 0 saturated carbocycles. The van der Waals surface area contributed by atoms with E-state index >= 15 is 0 Å². The van der Waals surface area contributed by atoms with E-state index in [1.165, 1.54) is 0 Å². The summed E-state index contributed by atoms with van der Waals surface area (Å²) in [5.41, 5.74) is 1.56. The number of carbonyl (C=O) groups excluding carboxylic acids is 1. The second-order valence-electron chi connectivity index (χ2n) is 6.20. The van der Waals surface area contributed by atoms with Gasteiger partial charge in [-0.15, -0.1) is 0 Å². The van der Waals surface area contributed by atoms with Crippen molar-refractivity contribution in [1.29, 1.82) is 0 Å². The minimum atomic E-state index is -0.217. The van der Waals surface area contributed by atoms with E-state index in [0.717, 1.165) is 24.8 Å². The molecular weight excluding hydrogens is 330 g/mol. The fourth-order valence-corrected chi connectivity index (χ4v) is 3.14. The zero-order valence-electron chi connectivity index (χ0n) is 14.2. The van der Waals surface area contributed by atoms with Gasteiger partial charge < -0.3 is 14.7 Å². The van der Waals surface area contributed by atoms with E-state index in [0.29, 0.717) is 23.9 Å². The SMILES string of the molecule is O=C(Nc1cccnc1)N1CCCC[C@@H]1c1nc(-c2ccccc2)no1. The van der Waals surface area contributed by atoms with E-state index in [9.17, 15) is 4.79 Å². The number of nitrogens with zero attached hydrogens (tertiary/aromatic N) is 4. The van der Waals surface area contributed by atoms with Gasteiger partial charge in [-0.3, -0.25) is 4.98 Å². The van der Waals surface area contributed by atoms with Crippen LogP contribution in [0.3, 0.4) is 0 Å². The lowest BCUT2D eigenvalue weighted by Gasteiger charge is -2.33. The highest BCUT2D eigenvalue weighted by atomic mass is 16.5. The molecule has 1 atom stereocenters. The van der Waals surface area contributed by atoms with E-state index in [1.807, 2.05) is 36.4 Å². The Morgan fingerprint density at radius 3 is 2.85 bits per heavy atom. The minimum Gasteiger partial charge on any atom is -0.337 e. The second kappa shape index (κ2) is 7.35. The number of carbonyl (C=O) groups is 1. The highest BCUT2D eigenvalue weighted by Crippen LogP contribution is 2.31. The van der Waals surface area contributed by atoms with Gasteiger partial charge in [0.2, 0.25) is 11.7 Å². The van der Waals surface area contributed by atoms with Crippen molar-refractivity contribution in [2.24, 2.45) is 0 Å². The van der Waals surface area contributed by atoms with Gasteiger partial charge >= 0.3 is 6.03 Å². The highest BCUT2D eigenvalue weighted by molar-refractivity contribution is 5.89. The number of likely N-dealkylation sites (tertiary alicyclic amines) is 1. The topological polar surface area (TPSA) is 84.2 Å². The van der Waals surface area contributed by atoms with Crippen molar-refractivity contribution in [2.75, 3.05) is 11.9 Å². The normalized spacial score (nSPS) is 17.1. The van der Waals surface area contributed by atoms with Crippen LogP contribution in [-0.4, -0.2) is 32.6 Å². The molecule has 1 N–H and O–H groups in total. The zero-order chi connectivity index (χ0) is 17.8. The number of pyridine rings is 1. The molecule has 3 aromatic rings. The molecule has 0 radical (unpaired) electrons. The molecule has 3 heterocycles. The van der Waals surface area contributed by atoms with Crippen LogP contribution in [0.4, 0.5) is 10.5 Å². The predicted octanol–water partition coefficient (Wildman–Crippen LogP) is 3.89. The largest absolute Gasteiger partial charge is 0.337 e. The summed E-state index contributed by atoms with van der Waals surface area (Å²) in [6, 6.07) is 12.9. The molecule has 1 aliphatic heterocycles. The molecule has 0 aliphatic carbocycles. The number of rotatable bonds is 3. The maximum atomic E-state index is 12.7. The molecule has 4 rings (SSSR count). The lowest BCUT2D eigenvalue weighted by Crippen LogP contribution is -2.41. The van der Waals surface area contributed by atoms with Crippen LogP contribution in [0.5, 0.6) is 0 Å². The van der Waals surface area contributed by atoms with Crippen LogP contribution in [-0.2, 0) is 0 Å². The zero-order valence-corrected chi connectivity index (χ0v) is 14.2. The molecule has 1 aliphatic rings. The van der Waals surface area contributed by atoms with Gasteiger partial charge in [0, 0.05) is 18.3 Å². The molecule has 1 fully saturated rings. The number of anilines is 1. The van der Waals surface area contributed by atoms with Crippen molar-refractivity contribution in [2.45, 2.75) is 25.3 Å². The molecule has 0 bridgehead atoms. The van der Waals surface area contributed by atoms with Gasteiger partial charge in [0.25, 0.3) is 0 Å². The van der Waals surface area contributed by atoms with Gasteiger partial charge in [0.05, 0.1) is 11.9 Å². The summed E-state index contributed by atoms with van der Waals surface area (Å²) >= 11 is 0. The third-order valence-corrected chi connectivity index (χ3v) is 4.44. The van der Waals surface area contributed by atoms with Crippen molar-refractivity contribution in [3.8, 4) is 11.4 Å². The summed E-state index contributed by atoms with van der Waals surface area (Å²) in [6.07, 6.45) is 6.07. The molecule has 0 unspecified atom stereocenters. The first kappa shape index (κ1) is 16.3. The van der Waals surface area contributed by atoms with E-state index < -0.39 is 0 Å². The molecule has 2 aromatic heterocycles. The number of hydrogen-bond donors (Lipinski definition) is 1. The number of piperidine rings is 1. The molecule has 1 saturated heterocycles. The Hall–Kier alpha value is -3.22. The van der Waals surface area contributed by atoms with Crippen LogP contribution in [0.2, 0.25) is 0 Å². The first-order chi connectivity index (χ1) is 12.8. The smallest absolute Gasteiger partial charge is 0.322 e. The third kappa shape index (κ3) is 3.42. The van der Waals surface area contributed by atoms with Crippen molar-refractivity contribution in [1.82, 2.24) is 20.0 Å². The number of amides is 2. The van der Waals surface area contributed by atoms with Crippen molar-refractivity contribution >= 4 is 11.7 Å². The van der Waals surface area contributed by atoms with Gasteiger partial charge in [-0.1, -0.05) is 35.5 Å². The van der Waals surface area contributed by atoms with Crippen molar-refractivity contribution in [3.63, 3.8) is 0 Å². The fourth-order valence-electron chi connectivity index (χ4n) is 3.14. The number of aromatic nitrogens is 3. The Kier molecular flexibility index (Phi) is 4.59. The summed E-state index contributed by atoms with van der Waals surface area (Å²) < 4.78 is 5.49. The third-order valence-electron chi connectivity index (χ3n) is 4.44. The maximum absolute atomic E-state index is 12.7. The number of hydrogen-bond acceptors (Lipinski definition) is 5. The van der Waals surface area contributed by atoms with Crippen LogP contribution in [0.1, 0.15) is 31.2 Å².